The molecule has 0 unspecified atom stereocenters. The lowest BCUT2D eigenvalue weighted by atomic mass is 9.95. The molecule has 9 heteroatoms. The summed E-state index contributed by atoms with van der Waals surface area (Å²) in [6.45, 7) is 2.07. The van der Waals surface area contributed by atoms with Gasteiger partial charge >= 0.3 is 0 Å². The lowest BCUT2D eigenvalue weighted by Crippen LogP contribution is -2.29. The second kappa shape index (κ2) is 9.26. The van der Waals surface area contributed by atoms with Crippen molar-refractivity contribution in [2.75, 3.05) is 29.4 Å². The van der Waals surface area contributed by atoms with Crippen LogP contribution in [0.2, 0.25) is 0 Å². The van der Waals surface area contributed by atoms with Crippen LogP contribution in [0.3, 0.4) is 0 Å². The molecule has 0 bridgehead atoms. The first-order valence-electron chi connectivity index (χ1n) is 8.09. The van der Waals surface area contributed by atoms with Crippen LogP contribution in [0.5, 0.6) is 5.75 Å². The molecule has 0 aromatic heterocycles. The van der Waals surface area contributed by atoms with E-state index < -0.39 is 10.0 Å². The summed E-state index contributed by atoms with van der Waals surface area (Å²) in [6, 6.07) is 4.84. The third-order valence-corrected chi connectivity index (χ3v) is 5.70. The molecule has 0 saturated heterocycles. The fourth-order valence-electron chi connectivity index (χ4n) is 2.99. The first-order valence-corrected chi connectivity index (χ1v) is 9.75. The number of amides is 1. The first-order chi connectivity index (χ1) is 11.4. The predicted octanol–water partition coefficient (Wildman–Crippen LogP) is 2.19. The summed E-state index contributed by atoms with van der Waals surface area (Å²) in [6.07, 6.45) is 2.84. The minimum Gasteiger partial charge on any atom is -0.494 e. The Balaban J connectivity index is 0.00000312. The highest BCUT2D eigenvalue weighted by Crippen LogP contribution is 2.33. The summed E-state index contributed by atoms with van der Waals surface area (Å²) in [5.74, 6) is 0.428. The molecule has 1 amide bonds. The maximum Gasteiger partial charge on any atom is 0.232 e. The van der Waals surface area contributed by atoms with Gasteiger partial charge in [-0.05, 0) is 44.4 Å². The van der Waals surface area contributed by atoms with Gasteiger partial charge in [-0.1, -0.05) is 6.42 Å². The van der Waals surface area contributed by atoms with Crippen LogP contribution in [0.4, 0.5) is 11.4 Å². The van der Waals surface area contributed by atoms with E-state index in [-0.39, 0.29) is 35.9 Å². The fourth-order valence-corrected chi connectivity index (χ4v) is 3.64. The summed E-state index contributed by atoms with van der Waals surface area (Å²) >= 11 is 0. The van der Waals surface area contributed by atoms with Crippen LogP contribution in [0.25, 0.3) is 0 Å². The number of sulfonamides is 1. The summed E-state index contributed by atoms with van der Waals surface area (Å²) in [4.78, 5) is 12.4. The van der Waals surface area contributed by atoms with Crippen molar-refractivity contribution in [2.45, 2.75) is 26.2 Å². The van der Waals surface area contributed by atoms with Crippen LogP contribution < -0.4 is 20.5 Å². The molecule has 0 radical (unpaired) electrons. The van der Waals surface area contributed by atoms with Gasteiger partial charge in [-0.2, -0.15) is 0 Å². The van der Waals surface area contributed by atoms with E-state index in [2.05, 4.69) is 10.0 Å². The van der Waals surface area contributed by atoms with Crippen molar-refractivity contribution in [3.05, 3.63) is 18.2 Å². The molecule has 7 nitrogen and oxygen atoms in total. The monoisotopic (exact) mass is 391 g/mol. The van der Waals surface area contributed by atoms with Crippen molar-refractivity contribution < 1.29 is 17.9 Å². The van der Waals surface area contributed by atoms with Crippen molar-refractivity contribution in [2.24, 2.45) is 17.6 Å². The standard InChI is InChI=1S/C16H25N3O4S.ClH/c1-3-24(21,22)19-14-8-7-12(9-15(14)23-2)18-16(20)13-6-4-5-11(13)10-17;/h7-9,11,13,19H,3-6,10,17H2,1-2H3,(H,18,20);1H/t11-,13-;/m1./s1. The van der Waals surface area contributed by atoms with E-state index in [1.807, 2.05) is 0 Å². The molecule has 142 valence electrons. The number of anilines is 2. The van der Waals surface area contributed by atoms with Crippen molar-refractivity contribution in [1.82, 2.24) is 0 Å². The first kappa shape index (κ1) is 21.5. The number of ether oxygens (including phenoxy) is 1. The average Bonchev–Trinajstić information content (AvgIpc) is 3.04. The molecule has 0 aliphatic heterocycles. The number of rotatable bonds is 7. The summed E-state index contributed by atoms with van der Waals surface area (Å²) < 4.78 is 31.1. The Hall–Kier alpha value is -1.51. The van der Waals surface area contributed by atoms with Gasteiger partial charge in [0.05, 0.1) is 18.6 Å². The maximum atomic E-state index is 12.4. The third-order valence-electron chi connectivity index (χ3n) is 4.41. The minimum atomic E-state index is -3.40. The minimum absolute atomic E-state index is 0. The molecule has 0 spiro atoms. The molecule has 1 fully saturated rings. The highest BCUT2D eigenvalue weighted by molar-refractivity contribution is 7.92. The Morgan fingerprint density at radius 1 is 1.36 bits per heavy atom. The van der Waals surface area contributed by atoms with Gasteiger partial charge in [-0.15, -0.1) is 12.4 Å². The summed E-state index contributed by atoms with van der Waals surface area (Å²) in [5, 5.41) is 2.88. The van der Waals surface area contributed by atoms with E-state index in [1.54, 1.807) is 25.1 Å². The van der Waals surface area contributed by atoms with Crippen molar-refractivity contribution >= 4 is 39.7 Å². The highest BCUT2D eigenvalue weighted by Gasteiger charge is 2.32. The van der Waals surface area contributed by atoms with Crippen LogP contribution in [0.1, 0.15) is 26.2 Å². The number of hydrogen-bond donors (Lipinski definition) is 3. The molecule has 2 rings (SSSR count). The van der Waals surface area contributed by atoms with Gasteiger partial charge in [0.25, 0.3) is 0 Å². The van der Waals surface area contributed by atoms with E-state index in [9.17, 15) is 13.2 Å². The van der Waals surface area contributed by atoms with E-state index >= 15 is 0 Å². The summed E-state index contributed by atoms with van der Waals surface area (Å²) in [7, 11) is -1.95. The molecule has 25 heavy (non-hydrogen) atoms. The molecular weight excluding hydrogens is 366 g/mol. The average molecular weight is 392 g/mol. The number of carbonyl (C=O) groups is 1. The van der Waals surface area contributed by atoms with Crippen LogP contribution in [0, 0.1) is 11.8 Å². The van der Waals surface area contributed by atoms with Gasteiger partial charge in [0.2, 0.25) is 15.9 Å². The van der Waals surface area contributed by atoms with E-state index in [0.29, 0.717) is 23.7 Å². The quantitative estimate of drug-likeness (QED) is 0.659. The highest BCUT2D eigenvalue weighted by atomic mass is 35.5. The molecule has 1 aliphatic rings. The van der Waals surface area contributed by atoms with Gasteiger partial charge < -0.3 is 15.8 Å². The smallest absolute Gasteiger partial charge is 0.232 e. The van der Waals surface area contributed by atoms with E-state index in [4.69, 9.17) is 10.5 Å². The largest absolute Gasteiger partial charge is 0.494 e. The van der Waals surface area contributed by atoms with Crippen molar-refractivity contribution in [3.8, 4) is 5.75 Å². The molecule has 1 aromatic carbocycles. The lowest BCUT2D eigenvalue weighted by molar-refractivity contribution is -0.120. The Morgan fingerprint density at radius 2 is 2.08 bits per heavy atom. The van der Waals surface area contributed by atoms with Crippen LogP contribution >= 0.6 is 12.4 Å². The molecule has 2 atom stereocenters. The molecular formula is C16H26ClN3O4S. The van der Waals surface area contributed by atoms with Gasteiger partial charge in [0.1, 0.15) is 5.75 Å². The Bertz CT molecular complexity index is 697. The number of nitrogens with one attached hydrogen (secondary N) is 2. The van der Waals surface area contributed by atoms with E-state index in [0.717, 1.165) is 19.3 Å². The van der Waals surface area contributed by atoms with Gasteiger partial charge in [-0.3, -0.25) is 9.52 Å². The number of hydrogen-bond acceptors (Lipinski definition) is 5. The topological polar surface area (TPSA) is 111 Å². The van der Waals surface area contributed by atoms with Crippen LogP contribution in [0.15, 0.2) is 18.2 Å². The molecule has 1 aliphatic carbocycles. The van der Waals surface area contributed by atoms with Gasteiger partial charge in [-0.25, -0.2) is 8.42 Å². The van der Waals surface area contributed by atoms with Crippen molar-refractivity contribution in [3.63, 3.8) is 0 Å². The molecule has 1 saturated carbocycles. The zero-order valence-electron chi connectivity index (χ0n) is 14.4. The normalized spacial score (nSPS) is 19.8. The molecule has 4 N–H and O–H groups in total. The fraction of sp³-hybridized carbons (Fsp3) is 0.562. The molecule has 0 heterocycles. The Labute approximate surface area is 155 Å². The van der Waals surface area contributed by atoms with Crippen molar-refractivity contribution in [1.29, 1.82) is 0 Å². The Kier molecular flexibility index (Phi) is 7.98. The van der Waals surface area contributed by atoms with Gasteiger partial charge in [0, 0.05) is 17.7 Å². The number of halogens is 1. The van der Waals surface area contributed by atoms with Crippen LogP contribution in [-0.4, -0.2) is 33.7 Å². The molecule has 1 aromatic rings. The number of methoxy groups -OCH3 is 1. The zero-order valence-corrected chi connectivity index (χ0v) is 16.1. The van der Waals surface area contributed by atoms with E-state index in [1.165, 1.54) is 7.11 Å². The third kappa shape index (κ3) is 5.49. The SMILES string of the molecule is CCS(=O)(=O)Nc1ccc(NC(=O)[C@@H]2CCC[C@@H]2CN)cc1OC.Cl. The number of carbonyl (C=O) groups excluding carboxylic acids is 1. The second-order valence-corrected chi connectivity index (χ2v) is 7.95. The number of benzene rings is 1. The summed E-state index contributed by atoms with van der Waals surface area (Å²) in [5.41, 5.74) is 6.64. The predicted molar refractivity (Wildman–Crippen MR) is 102 cm³/mol. The lowest BCUT2D eigenvalue weighted by Gasteiger charge is -2.18. The second-order valence-electron chi connectivity index (χ2n) is 5.94. The Morgan fingerprint density at radius 3 is 2.68 bits per heavy atom. The zero-order chi connectivity index (χ0) is 17.7. The van der Waals surface area contributed by atoms with Gasteiger partial charge in [0.15, 0.2) is 0 Å². The number of nitrogens with two attached hydrogens (primary N) is 1. The van der Waals surface area contributed by atoms with Crippen LogP contribution in [-0.2, 0) is 14.8 Å². The maximum absolute atomic E-state index is 12.4.